The molecular weight excluding hydrogens is 290 g/mol. The summed E-state index contributed by atoms with van der Waals surface area (Å²) in [5.74, 6) is 0.907. The highest BCUT2D eigenvalue weighted by atomic mass is 16.5. The molecule has 0 spiro atoms. The van der Waals surface area contributed by atoms with Gasteiger partial charge in [-0.25, -0.2) is 4.68 Å². The predicted octanol–water partition coefficient (Wildman–Crippen LogP) is 3.56. The molecule has 124 valence electrons. The van der Waals surface area contributed by atoms with Crippen LogP contribution in [0, 0.1) is 6.92 Å². The van der Waals surface area contributed by atoms with Crippen molar-refractivity contribution in [2.24, 2.45) is 0 Å². The molecule has 1 heterocycles. The first-order chi connectivity index (χ1) is 10.9. The van der Waals surface area contributed by atoms with Gasteiger partial charge < -0.3 is 4.74 Å². The van der Waals surface area contributed by atoms with Gasteiger partial charge in [-0.2, -0.15) is 0 Å². The Labute approximate surface area is 137 Å². The normalized spacial score (nSPS) is 11.5. The second-order valence-electron chi connectivity index (χ2n) is 6.79. The fraction of sp³-hybridized carbons (Fsp3) is 0.500. The molecule has 1 aromatic carbocycles. The number of unbranched alkanes of at least 4 members (excludes halogenated alkanes) is 1. The third-order valence-corrected chi connectivity index (χ3v) is 3.61. The van der Waals surface area contributed by atoms with E-state index in [1.807, 2.05) is 22.9 Å². The van der Waals surface area contributed by atoms with Crippen LogP contribution in [0.3, 0.4) is 0 Å². The van der Waals surface area contributed by atoms with Crippen molar-refractivity contribution in [3.63, 3.8) is 0 Å². The molecule has 0 atom stereocenters. The van der Waals surface area contributed by atoms with Gasteiger partial charge in [-0.05, 0) is 37.5 Å². The van der Waals surface area contributed by atoms with Crippen LogP contribution in [0.5, 0.6) is 5.75 Å². The molecule has 0 aliphatic rings. The number of hydrogen-bond donors (Lipinski definition) is 0. The van der Waals surface area contributed by atoms with Gasteiger partial charge in [-0.3, -0.25) is 4.79 Å². The largest absolute Gasteiger partial charge is 0.494 e. The Morgan fingerprint density at radius 2 is 2.04 bits per heavy atom. The van der Waals surface area contributed by atoms with Crippen LogP contribution in [0.25, 0.3) is 0 Å². The van der Waals surface area contributed by atoms with Crippen molar-refractivity contribution >= 4 is 6.29 Å². The predicted molar refractivity (Wildman–Crippen MR) is 90.0 cm³/mol. The van der Waals surface area contributed by atoms with Crippen molar-refractivity contribution in [1.82, 2.24) is 15.0 Å². The van der Waals surface area contributed by atoms with Crippen molar-refractivity contribution in [2.75, 3.05) is 6.61 Å². The molecule has 0 aliphatic heterocycles. The first kappa shape index (κ1) is 17.2. The van der Waals surface area contributed by atoms with Crippen molar-refractivity contribution in [3.8, 4) is 5.75 Å². The van der Waals surface area contributed by atoms with Gasteiger partial charge in [0.15, 0.2) is 6.29 Å². The van der Waals surface area contributed by atoms with Gasteiger partial charge in [0, 0.05) is 12.0 Å². The molecule has 0 radical (unpaired) electrons. The van der Waals surface area contributed by atoms with Gasteiger partial charge in [0.25, 0.3) is 0 Å². The average Bonchev–Trinajstić information content (AvgIpc) is 2.90. The zero-order valence-corrected chi connectivity index (χ0v) is 14.4. The smallest absolute Gasteiger partial charge is 0.172 e. The fourth-order valence-electron chi connectivity index (χ4n) is 2.59. The Balaban J connectivity index is 1.85. The van der Waals surface area contributed by atoms with E-state index in [9.17, 15) is 4.79 Å². The summed E-state index contributed by atoms with van der Waals surface area (Å²) in [6.45, 7) is 9.66. The van der Waals surface area contributed by atoms with Crippen molar-refractivity contribution in [1.29, 1.82) is 0 Å². The number of benzene rings is 1. The maximum Gasteiger partial charge on any atom is 0.172 e. The van der Waals surface area contributed by atoms with Gasteiger partial charge >= 0.3 is 0 Å². The highest BCUT2D eigenvalue weighted by molar-refractivity contribution is 5.73. The standard InChI is InChI=1S/C18H25N3O2/c1-14-8-7-9-15(12-14)23-11-6-5-10-21-17(18(2,3)4)16(13-22)19-20-21/h7-9,12-13H,5-6,10-11H2,1-4H3. The van der Waals surface area contributed by atoms with Crippen LogP contribution in [0.4, 0.5) is 0 Å². The van der Waals surface area contributed by atoms with Gasteiger partial charge in [-0.1, -0.05) is 38.1 Å². The molecule has 0 fully saturated rings. The zero-order chi connectivity index (χ0) is 16.9. The molecule has 2 rings (SSSR count). The third-order valence-electron chi connectivity index (χ3n) is 3.61. The number of nitrogens with zero attached hydrogens (tertiary/aromatic N) is 3. The molecule has 23 heavy (non-hydrogen) atoms. The molecule has 0 N–H and O–H groups in total. The molecule has 0 saturated heterocycles. The maximum absolute atomic E-state index is 11.1. The molecule has 0 amide bonds. The van der Waals surface area contributed by atoms with E-state index in [2.05, 4.69) is 44.1 Å². The van der Waals surface area contributed by atoms with Crippen molar-refractivity contribution < 1.29 is 9.53 Å². The molecule has 0 bridgehead atoms. The first-order valence-electron chi connectivity index (χ1n) is 8.00. The minimum atomic E-state index is -0.155. The molecule has 0 unspecified atom stereocenters. The number of aromatic nitrogens is 3. The lowest BCUT2D eigenvalue weighted by molar-refractivity contribution is 0.111. The summed E-state index contributed by atoms with van der Waals surface area (Å²) in [7, 11) is 0. The minimum absolute atomic E-state index is 0.155. The Bertz CT molecular complexity index is 657. The summed E-state index contributed by atoms with van der Waals surface area (Å²) in [5.41, 5.74) is 2.37. The van der Waals surface area contributed by atoms with Crippen molar-refractivity contribution in [2.45, 2.75) is 52.5 Å². The lowest BCUT2D eigenvalue weighted by Gasteiger charge is -2.20. The summed E-state index contributed by atoms with van der Waals surface area (Å²) in [4.78, 5) is 11.1. The summed E-state index contributed by atoms with van der Waals surface area (Å²) < 4.78 is 7.59. The number of carbonyl (C=O) groups is 1. The van der Waals surface area contributed by atoms with E-state index in [1.165, 1.54) is 5.56 Å². The quantitative estimate of drug-likeness (QED) is 0.579. The highest BCUT2D eigenvalue weighted by Crippen LogP contribution is 2.24. The van der Waals surface area contributed by atoms with E-state index in [4.69, 9.17) is 4.74 Å². The van der Waals surface area contributed by atoms with E-state index in [1.54, 1.807) is 0 Å². The lowest BCUT2D eigenvalue weighted by atomic mass is 9.90. The second kappa shape index (κ2) is 7.40. The van der Waals surface area contributed by atoms with Crippen molar-refractivity contribution in [3.05, 3.63) is 41.2 Å². The van der Waals surface area contributed by atoms with Gasteiger partial charge in [-0.15, -0.1) is 5.10 Å². The second-order valence-corrected chi connectivity index (χ2v) is 6.79. The fourth-order valence-corrected chi connectivity index (χ4v) is 2.59. The van der Waals surface area contributed by atoms with E-state index < -0.39 is 0 Å². The van der Waals surface area contributed by atoms with Crippen LogP contribution in [-0.4, -0.2) is 27.9 Å². The number of aldehydes is 1. The average molecular weight is 315 g/mol. The van der Waals surface area contributed by atoms with E-state index in [0.717, 1.165) is 37.1 Å². The number of carbonyl (C=O) groups excluding carboxylic acids is 1. The minimum Gasteiger partial charge on any atom is -0.494 e. The SMILES string of the molecule is Cc1cccc(OCCCCn2nnc(C=O)c2C(C)(C)C)c1. The Morgan fingerprint density at radius 1 is 1.26 bits per heavy atom. The van der Waals surface area contributed by atoms with E-state index in [-0.39, 0.29) is 5.41 Å². The van der Waals surface area contributed by atoms with Crippen LogP contribution in [0.15, 0.2) is 24.3 Å². The molecule has 5 nitrogen and oxygen atoms in total. The number of rotatable bonds is 7. The van der Waals surface area contributed by atoms with E-state index in [0.29, 0.717) is 12.3 Å². The van der Waals surface area contributed by atoms with Crippen LogP contribution in [0.1, 0.15) is 55.4 Å². The molecule has 2 aromatic rings. The summed E-state index contributed by atoms with van der Waals surface area (Å²) in [6, 6.07) is 8.05. The van der Waals surface area contributed by atoms with Crippen LogP contribution >= 0.6 is 0 Å². The van der Waals surface area contributed by atoms with Crippen LogP contribution in [0.2, 0.25) is 0 Å². The topological polar surface area (TPSA) is 57.0 Å². The Kier molecular flexibility index (Phi) is 5.53. The number of hydrogen-bond acceptors (Lipinski definition) is 4. The highest BCUT2D eigenvalue weighted by Gasteiger charge is 2.24. The molecule has 0 aliphatic carbocycles. The molecule has 1 aromatic heterocycles. The van der Waals surface area contributed by atoms with Crippen LogP contribution in [-0.2, 0) is 12.0 Å². The Hall–Kier alpha value is -2.17. The molecule has 0 saturated carbocycles. The molecule has 5 heteroatoms. The van der Waals surface area contributed by atoms with Gasteiger partial charge in [0.1, 0.15) is 11.4 Å². The van der Waals surface area contributed by atoms with Gasteiger partial charge in [0.05, 0.1) is 12.3 Å². The summed E-state index contributed by atoms with van der Waals surface area (Å²) in [6.07, 6.45) is 2.63. The maximum atomic E-state index is 11.1. The van der Waals surface area contributed by atoms with Gasteiger partial charge in [0.2, 0.25) is 0 Å². The van der Waals surface area contributed by atoms with E-state index >= 15 is 0 Å². The van der Waals surface area contributed by atoms with Crippen LogP contribution < -0.4 is 4.74 Å². The summed E-state index contributed by atoms with van der Waals surface area (Å²) >= 11 is 0. The number of aryl methyl sites for hydroxylation is 2. The lowest BCUT2D eigenvalue weighted by Crippen LogP contribution is -2.20. The first-order valence-corrected chi connectivity index (χ1v) is 8.00. The molecular formula is C18H25N3O2. The monoisotopic (exact) mass is 315 g/mol. The Morgan fingerprint density at radius 3 is 2.70 bits per heavy atom. The number of ether oxygens (including phenoxy) is 1. The third kappa shape index (κ3) is 4.65. The zero-order valence-electron chi connectivity index (χ0n) is 14.4. The summed E-state index contributed by atoms with van der Waals surface area (Å²) in [5, 5.41) is 8.09.